The minimum atomic E-state index is -0.378. The standard InChI is InChI=1S/C20H21N3O2/c1-14-9-10-15(13-18(14)23(24)25)21-12-11-19-20(2,3)16-7-5-6-8-17(16)22(19)4/h5-13H,1-4H3. The molecular weight excluding hydrogens is 314 g/mol. The van der Waals surface area contributed by atoms with E-state index in [1.807, 2.05) is 19.2 Å². The second-order valence-corrected chi connectivity index (χ2v) is 6.76. The summed E-state index contributed by atoms with van der Waals surface area (Å²) in [7, 11) is 2.05. The number of allylic oxidation sites excluding steroid dienone is 2. The molecule has 0 amide bonds. The van der Waals surface area contributed by atoms with Gasteiger partial charge in [0.25, 0.3) is 5.69 Å². The van der Waals surface area contributed by atoms with Crippen LogP contribution in [-0.2, 0) is 5.41 Å². The summed E-state index contributed by atoms with van der Waals surface area (Å²) in [6, 6.07) is 13.4. The third-order valence-corrected chi connectivity index (χ3v) is 4.79. The van der Waals surface area contributed by atoms with Crippen molar-refractivity contribution in [3.63, 3.8) is 0 Å². The summed E-state index contributed by atoms with van der Waals surface area (Å²) in [6.45, 7) is 6.10. The lowest BCUT2D eigenvalue weighted by atomic mass is 9.84. The van der Waals surface area contributed by atoms with Crippen molar-refractivity contribution < 1.29 is 4.92 Å². The fraction of sp³-hybridized carbons (Fsp3) is 0.250. The van der Waals surface area contributed by atoms with Crippen molar-refractivity contribution in [2.75, 3.05) is 11.9 Å². The molecule has 1 aliphatic heterocycles. The van der Waals surface area contributed by atoms with Crippen molar-refractivity contribution in [3.05, 3.63) is 75.5 Å². The zero-order valence-electron chi connectivity index (χ0n) is 14.9. The predicted octanol–water partition coefficient (Wildman–Crippen LogP) is 4.92. The molecule has 1 heterocycles. The highest BCUT2D eigenvalue weighted by Gasteiger charge is 2.37. The van der Waals surface area contributed by atoms with E-state index < -0.39 is 0 Å². The zero-order chi connectivity index (χ0) is 18.2. The van der Waals surface area contributed by atoms with Crippen LogP contribution in [0.2, 0.25) is 0 Å². The van der Waals surface area contributed by atoms with Crippen LogP contribution < -0.4 is 4.90 Å². The van der Waals surface area contributed by atoms with Gasteiger partial charge in [0.05, 0.1) is 10.6 Å². The van der Waals surface area contributed by atoms with Gasteiger partial charge in [-0.05, 0) is 30.7 Å². The number of anilines is 1. The lowest BCUT2D eigenvalue weighted by Crippen LogP contribution is -2.22. The van der Waals surface area contributed by atoms with Gasteiger partial charge in [-0.3, -0.25) is 15.1 Å². The lowest BCUT2D eigenvalue weighted by Gasteiger charge is -2.23. The number of aryl methyl sites for hydroxylation is 1. The molecule has 0 saturated carbocycles. The quantitative estimate of drug-likeness (QED) is 0.454. The summed E-state index contributed by atoms with van der Waals surface area (Å²) < 4.78 is 0. The van der Waals surface area contributed by atoms with Crippen molar-refractivity contribution in [1.29, 1.82) is 0 Å². The van der Waals surface area contributed by atoms with E-state index in [-0.39, 0.29) is 16.0 Å². The smallest absolute Gasteiger partial charge is 0.274 e. The highest BCUT2D eigenvalue weighted by molar-refractivity contribution is 5.81. The Morgan fingerprint density at radius 1 is 1.20 bits per heavy atom. The van der Waals surface area contributed by atoms with E-state index >= 15 is 0 Å². The summed E-state index contributed by atoms with van der Waals surface area (Å²) in [4.78, 5) is 17.2. The molecule has 0 atom stereocenters. The average Bonchev–Trinajstić information content (AvgIpc) is 2.77. The van der Waals surface area contributed by atoms with Crippen molar-refractivity contribution in [1.82, 2.24) is 0 Å². The zero-order valence-corrected chi connectivity index (χ0v) is 14.9. The second-order valence-electron chi connectivity index (χ2n) is 6.76. The van der Waals surface area contributed by atoms with Gasteiger partial charge in [0.1, 0.15) is 0 Å². The van der Waals surface area contributed by atoms with Gasteiger partial charge in [-0.2, -0.15) is 0 Å². The van der Waals surface area contributed by atoms with Crippen LogP contribution in [0.15, 0.2) is 59.2 Å². The number of nitro groups is 1. The van der Waals surface area contributed by atoms with E-state index in [9.17, 15) is 10.1 Å². The normalized spacial score (nSPS) is 17.3. The molecule has 0 N–H and O–H groups in total. The van der Waals surface area contributed by atoms with Gasteiger partial charge in [0.15, 0.2) is 0 Å². The molecule has 25 heavy (non-hydrogen) atoms. The molecule has 0 spiro atoms. The maximum Gasteiger partial charge on any atom is 0.274 e. The van der Waals surface area contributed by atoms with Gasteiger partial charge in [-0.1, -0.05) is 38.1 Å². The monoisotopic (exact) mass is 335 g/mol. The number of fused-ring (bicyclic) bond motifs is 1. The van der Waals surface area contributed by atoms with E-state index in [1.165, 1.54) is 17.3 Å². The molecule has 128 valence electrons. The number of hydrogen-bond donors (Lipinski definition) is 0. The third-order valence-electron chi connectivity index (χ3n) is 4.79. The molecule has 2 aromatic carbocycles. The Morgan fingerprint density at radius 2 is 1.92 bits per heavy atom. The first kappa shape index (κ1) is 16.9. The first-order valence-corrected chi connectivity index (χ1v) is 8.15. The molecule has 0 fully saturated rings. The molecule has 3 rings (SSSR count). The predicted molar refractivity (Wildman–Crippen MR) is 102 cm³/mol. The van der Waals surface area contributed by atoms with Crippen LogP contribution >= 0.6 is 0 Å². The minimum Gasteiger partial charge on any atom is -0.347 e. The molecule has 0 aliphatic carbocycles. The lowest BCUT2D eigenvalue weighted by molar-refractivity contribution is -0.385. The van der Waals surface area contributed by atoms with Gasteiger partial charge >= 0.3 is 0 Å². The maximum absolute atomic E-state index is 11.0. The highest BCUT2D eigenvalue weighted by Crippen LogP contribution is 2.46. The van der Waals surface area contributed by atoms with E-state index in [2.05, 4.69) is 41.9 Å². The summed E-state index contributed by atoms with van der Waals surface area (Å²) in [5.74, 6) is 0. The fourth-order valence-electron chi connectivity index (χ4n) is 3.37. The summed E-state index contributed by atoms with van der Waals surface area (Å²) in [5, 5.41) is 11.0. The molecular formula is C20H21N3O2. The van der Waals surface area contributed by atoms with Crippen LogP contribution in [0.1, 0.15) is 25.0 Å². The van der Waals surface area contributed by atoms with Gasteiger partial charge in [0.2, 0.25) is 0 Å². The molecule has 5 heteroatoms. The van der Waals surface area contributed by atoms with Gasteiger partial charge in [-0.25, -0.2) is 0 Å². The number of benzene rings is 2. The Kier molecular flexibility index (Phi) is 4.17. The number of likely N-dealkylation sites (N-methyl/N-ethyl adjacent to an activating group) is 1. The van der Waals surface area contributed by atoms with Gasteiger partial charge in [0, 0.05) is 41.7 Å². The Hall–Kier alpha value is -2.95. The highest BCUT2D eigenvalue weighted by atomic mass is 16.6. The van der Waals surface area contributed by atoms with Gasteiger partial charge < -0.3 is 4.90 Å². The van der Waals surface area contributed by atoms with Crippen molar-refractivity contribution in [2.24, 2.45) is 4.99 Å². The first-order chi connectivity index (χ1) is 11.8. The Labute approximate surface area is 147 Å². The number of nitro benzene ring substituents is 1. The average molecular weight is 335 g/mol. The van der Waals surface area contributed by atoms with Crippen LogP contribution in [0.4, 0.5) is 17.1 Å². The van der Waals surface area contributed by atoms with Crippen LogP contribution in [0.5, 0.6) is 0 Å². The molecule has 0 bridgehead atoms. The van der Waals surface area contributed by atoms with Crippen molar-refractivity contribution >= 4 is 23.3 Å². The summed E-state index contributed by atoms with van der Waals surface area (Å²) in [6.07, 6.45) is 3.69. The second kappa shape index (κ2) is 6.16. The number of nitrogens with zero attached hydrogens (tertiary/aromatic N) is 3. The molecule has 0 radical (unpaired) electrons. The maximum atomic E-state index is 11.0. The molecule has 1 aliphatic rings. The molecule has 2 aromatic rings. The topological polar surface area (TPSA) is 58.7 Å². The van der Waals surface area contributed by atoms with E-state index in [0.717, 1.165) is 5.70 Å². The number of para-hydroxylation sites is 1. The van der Waals surface area contributed by atoms with Gasteiger partial charge in [-0.15, -0.1) is 0 Å². The third kappa shape index (κ3) is 2.93. The molecule has 0 saturated heterocycles. The molecule has 0 aromatic heterocycles. The van der Waals surface area contributed by atoms with Crippen LogP contribution in [0, 0.1) is 17.0 Å². The van der Waals surface area contributed by atoms with Crippen molar-refractivity contribution in [2.45, 2.75) is 26.2 Å². The Morgan fingerprint density at radius 3 is 2.60 bits per heavy atom. The summed E-state index contributed by atoms with van der Waals surface area (Å²) in [5.41, 5.74) is 4.80. The Balaban J connectivity index is 1.91. The van der Waals surface area contributed by atoms with E-state index in [0.29, 0.717) is 11.3 Å². The van der Waals surface area contributed by atoms with Crippen LogP contribution in [0.3, 0.4) is 0 Å². The number of rotatable bonds is 3. The van der Waals surface area contributed by atoms with Crippen molar-refractivity contribution in [3.8, 4) is 0 Å². The fourth-order valence-corrected chi connectivity index (χ4v) is 3.37. The molecule has 5 nitrogen and oxygen atoms in total. The minimum absolute atomic E-state index is 0.0908. The first-order valence-electron chi connectivity index (χ1n) is 8.15. The number of aliphatic imine (C=N–C) groups is 1. The summed E-state index contributed by atoms with van der Waals surface area (Å²) >= 11 is 0. The largest absolute Gasteiger partial charge is 0.347 e. The SMILES string of the molecule is Cc1ccc(N=CC=C2N(C)c3ccccc3C2(C)C)cc1[N+](=O)[O-]. The Bertz CT molecular complexity index is 898. The molecule has 0 unspecified atom stereocenters. The van der Waals surface area contributed by atoms with Crippen LogP contribution in [0.25, 0.3) is 0 Å². The number of hydrogen-bond acceptors (Lipinski definition) is 4. The van der Waals surface area contributed by atoms with E-state index in [1.54, 1.807) is 25.3 Å². The van der Waals surface area contributed by atoms with E-state index in [4.69, 9.17) is 0 Å². The van der Waals surface area contributed by atoms with Crippen LogP contribution in [-0.4, -0.2) is 18.2 Å².